The molecule has 2 heterocycles. The molecule has 0 amide bonds. The van der Waals surface area contributed by atoms with Gasteiger partial charge in [0.1, 0.15) is 0 Å². The van der Waals surface area contributed by atoms with Crippen molar-refractivity contribution in [3.63, 3.8) is 0 Å². The van der Waals surface area contributed by atoms with E-state index in [4.69, 9.17) is 4.42 Å². The van der Waals surface area contributed by atoms with Gasteiger partial charge in [-0.15, -0.1) is 4.57 Å². The van der Waals surface area contributed by atoms with E-state index in [1.165, 1.54) is 22.2 Å². The minimum atomic E-state index is 0.346. The lowest BCUT2D eigenvalue weighted by Crippen LogP contribution is -2.34. The monoisotopic (exact) mass is 236 g/mol. The number of oxazole rings is 1. The highest BCUT2D eigenvalue weighted by molar-refractivity contribution is 5.73. The lowest BCUT2D eigenvalue weighted by atomic mass is 10.0. The molecule has 0 fully saturated rings. The third-order valence-electron chi connectivity index (χ3n) is 3.83. The summed E-state index contributed by atoms with van der Waals surface area (Å²) in [6, 6.07) is 15.2. The molecule has 0 saturated carbocycles. The highest BCUT2D eigenvalue weighted by Crippen LogP contribution is 2.37. The number of aromatic nitrogens is 1. The zero-order valence-electron chi connectivity index (χ0n) is 10.5. The van der Waals surface area contributed by atoms with Crippen molar-refractivity contribution in [2.45, 2.75) is 19.9 Å². The molecule has 0 bridgehead atoms. The SMILES string of the molecule is Cc1ccc2c(c1)C(C)[n+]1c-2oc2ccccc21. The third kappa shape index (κ3) is 1.10. The van der Waals surface area contributed by atoms with Crippen LogP contribution in [0.5, 0.6) is 0 Å². The first-order valence-electron chi connectivity index (χ1n) is 6.30. The van der Waals surface area contributed by atoms with Crippen molar-refractivity contribution in [3.05, 3.63) is 53.6 Å². The van der Waals surface area contributed by atoms with Crippen molar-refractivity contribution in [1.29, 1.82) is 0 Å². The van der Waals surface area contributed by atoms with Gasteiger partial charge in [-0.2, -0.15) is 0 Å². The van der Waals surface area contributed by atoms with Gasteiger partial charge in [-0.3, -0.25) is 0 Å². The van der Waals surface area contributed by atoms with E-state index in [0.29, 0.717) is 6.04 Å². The normalized spacial score (nSPS) is 16.9. The summed E-state index contributed by atoms with van der Waals surface area (Å²) < 4.78 is 8.30. The summed E-state index contributed by atoms with van der Waals surface area (Å²) in [4.78, 5) is 0. The Hall–Kier alpha value is -2.09. The zero-order valence-corrected chi connectivity index (χ0v) is 10.5. The van der Waals surface area contributed by atoms with Gasteiger partial charge in [0.25, 0.3) is 5.52 Å². The Labute approximate surface area is 105 Å². The van der Waals surface area contributed by atoms with Gasteiger partial charge >= 0.3 is 5.89 Å². The van der Waals surface area contributed by atoms with Crippen LogP contribution < -0.4 is 4.57 Å². The predicted octanol–water partition coefficient (Wildman–Crippen LogP) is 3.62. The van der Waals surface area contributed by atoms with E-state index in [1.54, 1.807) is 0 Å². The van der Waals surface area contributed by atoms with Gasteiger partial charge in [-0.25, -0.2) is 0 Å². The van der Waals surface area contributed by atoms with Crippen LogP contribution in [-0.4, -0.2) is 0 Å². The lowest BCUT2D eigenvalue weighted by molar-refractivity contribution is -0.672. The first kappa shape index (κ1) is 9.89. The molecule has 2 heteroatoms. The Balaban J connectivity index is 2.11. The van der Waals surface area contributed by atoms with Gasteiger partial charge in [-0.1, -0.05) is 23.8 Å². The van der Waals surface area contributed by atoms with Crippen molar-refractivity contribution in [1.82, 2.24) is 0 Å². The first-order valence-corrected chi connectivity index (χ1v) is 6.30. The highest BCUT2D eigenvalue weighted by atomic mass is 16.4. The Morgan fingerprint density at radius 1 is 1.11 bits per heavy atom. The molecule has 1 aliphatic rings. The van der Waals surface area contributed by atoms with E-state index in [2.05, 4.69) is 48.7 Å². The van der Waals surface area contributed by atoms with Gasteiger partial charge in [0, 0.05) is 18.6 Å². The molecule has 2 aromatic carbocycles. The number of para-hydroxylation sites is 2. The quantitative estimate of drug-likeness (QED) is 0.545. The van der Waals surface area contributed by atoms with Crippen molar-refractivity contribution in [2.75, 3.05) is 0 Å². The molecule has 0 spiro atoms. The van der Waals surface area contributed by atoms with Crippen LogP contribution in [0.2, 0.25) is 0 Å². The molecule has 0 radical (unpaired) electrons. The van der Waals surface area contributed by atoms with E-state index in [0.717, 1.165) is 11.5 Å². The maximum absolute atomic E-state index is 6.01. The molecule has 0 saturated heterocycles. The molecule has 3 aromatic rings. The second-order valence-electron chi connectivity index (χ2n) is 5.01. The summed E-state index contributed by atoms with van der Waals surface area (Å²) in [5, 5.41) is 0. The molecule has 2 nitrogen and oxygen atoms in total. The molecule has 0 aliphatic carbocycles. The number of aryl methyl sites for hydroxylation is 1. The Morgan fingerprint density at radius 2 is 1.94 bits per heavy atom. The van der Waals surface area contributed by atoms with Crippen LogP contribution in [-0.2, 0) is 0 Å². The summed E-state index contributed by atoms with van der Waals surface area (Å²) in [6.07, 6.45) is 0. The summed E-state index contributed by atoms with van der Waals surface area (Å²) in [6.45, 7) is 4.37. The van der Waals surface area contributed by atoms with Crippen molar-refractivity contribution >= 4 is 11.1 Å². The molecule has 4 rings (SSSR count). The molecule has 1 unspecified atom stereocenters. The summed E-state index contributed by atoms with van der Waals surface area (Å²) in [5.41, 5.74) is 6.03. The van der Waals surface area contributed by atoms with Crippen LogP contribution in [0.1, 0.15) is 24.1 Å². The maximum atomic E-state index is 6.01. The van der Waals surface area contributed by atoms with Crippen LogP contribution in [0.3, 0.4) is 0 Å². The minimum absolute atomic E-state index is 0.346. The molecule has 88 valence electrons. The number of rotatable bonds is 0. The standard InChI is InChI=1S/C16H14NO/c1-10-7-8-12-13(9-10)11(2)17-14-5-3-4-6-15(14)18-16(12)17/h3-9,11H,1-2H3/q+1. The highest BCUT2D eigenvalue weighted by Gasteiger charge is 2.39. The van der Waals surface area contributed by atoms with Crippen LogP contribution in [0.4, 0.5) is 0 Å². The van der Waals surface area contributed by atoms with E-state index < -0.39 is 0 Å². The van der Waals surface area contributed by atoms with E-state index in [9.17, 15) is 0 Å². The fraction of sp³-hybridized carbons (Fsp3) is 0.188. The largest absolute Gasteiger partial charge is 0.398 e. The van der Waals surface area contributed by atoms with E-state index in [1.807, 2.05) is 12.1 Å². The van der Waals surface area contributed by atoms with Crippen LogP contribution in [0.15, 0.2) is 46.9 Å². The maximum Gasteiger partial charge on any atom is 0.382 e. The molecular formula is C16H14NO+. The topological polar surface area (TPSA) is 17.0 Å². The Morgan fingerprint density at radius 3 is 2.83 bits per heavy atom. The fourth-order valence-electron chi connectivity index (χ4n) is 2.94. The number of nitrogens with zero attached hydrogens (tertiary/aromatic N) is 1. The number of hydrogen-bond donors (Lipinski definition) is 0. The number of fused-ring (bicyclic) bond motifs is 5. The second-order valence-corrected chi connectivity index (χ2v) is 5.01. The molecule has 18 heavy (non-hydrogen) atoms. The van der Waals surface area contributed by atoms with Crippen LogP contribution in [0.25, 0.3) is 22.6 Å². The lowest BCUT2D eigenvalue weighted by Gasteiger charge is -2.01. The van der Waals surface area contributed by atoms with Crippen LogP contribution in [0, 0.1) is 6.92 Å². The fourth-order valence-corrected chi connectivity index (χ4v) is 2.94. The van der Waals surface area contributed by atoms with Crippen molar-refractivity contribution < 1.29 is 8.98 Å². The summed E-state index contributed by atoms with van der Waals surface area (Å²) in [5.74, 6) is 0.985. The number of benzene rings is 2. The van der Waals surface area contributed by atoms with Crippen molar-refractivity contribution in [3.8, 4) is 11.5 Å². The average Bonchev–Trinajstić information content (AvgIpc) is 2.87. The Kier molecular flexibility index (Phi) is 1.77. The predicted molar refractivity (Wildman–Crippen MR) is 70.4 cm³/mol. The van der Waals surface area contributed by atoms with Crippen LogP contribution >= 0.6 is 0 Å². The van der Waals surface area contributed by atoms with E-state index >= 15 is 0 Å². The number of hydrogen-bond acceptors (Lipinski definition) is 1. The van der Waals surface area contributed by atoms with E-state index in [-0.39, 0.29) is 0 Å². The van der Waals surface area contributed by atoms with Gasteiger partial charge in [0.15, 0.2) is 6.04 Å². The van der Waals surface area contributed by atoms with Gasteiger partial charge in [0.2, 0.25) is 5.58 Å². The van der Waals surface area contributed by atoms with Gasteiger partial charge in [0.05, 0.1) is 5.56 Å². The second kappa shape index (κ2) is 3.22. The summed E-state index contributed by atoms with van der Waals surface area (Å²) >= 11 is 0. The molecule has 1 aliphatic heterocycles. The molecule has 1 aromatic heterocycles. The first-order chi connectivity index (χ1) is 8.75. The smallest absolute Gasteiger partial charge is 0.382 e. The van der Waals surface area contributed by atoms with Gasteiger partial charge in [-0.05, 0) is 25.1 Å². The minimum Gasteiger partial charge on any atom is -0.398 e. The van der Waals surface area contributed by atoms with Gasteiger partial charge < -0.3 is 4.42 Å². The molecule has 1 atom stereocenters. The zero-order chi connectivity index (χ0) is 12.3. The average molecular weight is 236 g/mol. The third-order valence-corrected chi connectivity index (χ3v) is 3.83. The Bertz CT molecular complexity index is 770. The molecular weight excluding hydrogens is 222 g/mol. The molecule has 0 N–H and O–H groups in total. The summed E-state index contributed by atoms with van der Waals surface area (Å²) in [7, 11) is 0. The van der Waals surface area contributed by atoms with Crippen molar-refractivity contribution in [2.24, 2.45) is 0 Å².